The Balaban J connectivity index is 2.80. The number of nitrogens with zero attached hydrogens (tertiary/aromatic N) is 1. The minimum atomic E-state index is 0.0943. The largest absolute Gasteiger partial charge is 0.383 e. The summed E-state index contributed by atoms with van der Waals surface area (Å²) in [7, 11) is 0. The van der Waals surface area contributed by atoms with Crippen LogP contribution in [0.3, 0.4) is 0 Å². The van der Waals surface area contributed by atoms with Gasteiger partial charge in [-0.3, -0.25) is 11.3 Å². The van der Waals surface area contributed by atoms with E-state index in [2.05, 4.69) is 31.2 Å². The molecule has 0 aliphatic heterocycles. The number of nitrogens with one attached hydrogen (secondary N) is 1. The molecule has 0 spiro atoms. The zero-order valence-corrected chi connectivity index (χ0v) is 9.62. The first-order valence-corrected chi connectivity index (χ1v) is 5.10. The Morgan fingerprint density at radius 2 is 2.13 bits per heavy atom. The van der Waals surface area contributed by atoms with E-state index in [4.69, 9.17) is 11.6 Å². The van der Waals surface area contributed by atoms with Crippen molar-refractivity contribution in [3.63, 3.8) is 0 Å². The number of pyridine rings is 1. The van der Waals surface area contributed by atoms with E-state index >= 15 is 0 Å². The van der Waals surface area contributed by atoms with Crippen LogP contribution < -0.4 is 17.0 Å². The lowest BCUT2D eigenvalue weighted by Crippen LogP contribution is -2.45. The average molecular weight is 208 g/mol. The highest BCUT2D eigenvalue weighted by Gasteiger charge is 2.24. The van der Waals surface area contributed by atoms with E-state index in [0.29, 0.717) is 5.82 Å². The van der Waals surface area contributed by atoms with Crippen molar-refractivity contribution < 1.29 is 0 Å². The van der Waals surface area contributed by atoms with Crippen molar-refractivity contribution in [2.75, 3.05) is 5.73 Å². The number of nitrogens with two attached hydrogens (primary N) is 2. The molecular weight excluding hydrogens is 188 g/mol. The predicted octanol–water partition coefficient (Wildman–Crippen LogP) is 1.08. The smallest absolute Gasteiger partial charge is 0.126 e. The quantitative estimate of drug-likeness (QED) is 0.513. The second-order valence-electron chi connectivity index (χ2n) is 4.84. The van der Waals surface area contributed by atoms with Crippen LogP contribution in [0.1, 0.15) is 26.3 Å². The van der Waals surface area contributed by atoms with E-state index in [1.807, 2.05) is 12.1 Å². The van der Waals surface area contributed by atoms with Crippen LogP contribution in [0, 0.1) is 5.41 Å². The Hall–Kier alpha value is -1.13. The van der Waals surface area contributed by atoms with Crippen molar-refractivity contribution in [2.45, 2.75) is 33.2 Å². The molecule has 1 aromatic heterocycles. The Morgan fingerprint density at radius 3 is 2.60 bits per heavy atom. The Kier molecular flexibility index (Phi) is 3.66. The fourth-order valence-corrected chi connectivity index (χ4v) is 1.46. The van der Waals surface area contributed by atoms with Crippen LogP contribution in [0.15, 0.2) is 18.3 Å². The number of anilines is 1. The first-order valence-electron chi connectivity index (χ1n) is 5.10. The molecule has 0 radical (unpaired) electrons. The highest BCUT2D eigenvalue weighted by molar-refractivity contribution is 5.39. The molecule has 4 heteroatoms. The maximum Gasteiger partial charge on any atom is 0.126 e. The highest BCUT2D eigenvalue weighted by Crippen LogP contribution is 2.23. The van der Waals surface area contributed by atoms with Gasteiger partial charge in [-0.05, 0) is 23.5 Å². The van der Waals surface area contributed by atoms with Crippen LogP contribution in [0.4, 0.5) is 5.82 Å². The molecule has 0 aromatic carbocycles. The standard InChI is InChI=1S/C11H20N4/c1-11(2,3)9(15-13)7-8-5-4-6-14-10(8)12/h4-6,9,15H,7,13H2,1-3H3,(H2,12,14). The lowest BCUT2D eigenvalue weighted by Gasteiger charge is -2.30. The molecule has 5 N–H and O–H groups in total. The molecule has 1 rings (SSSR count). The van der Waals surface area contributed by atoms with Crippen LogP contribution in [-0.4, -0.2) is 11.0 Å². The van der Waals surface area contributed by atoms with Crippen molar-refractivity contribution in [3.05, 3.63) is 23.9 Å². The topological polar surface area (TPSA) is 77.0 Å². The summed E-state index contributed by atoms with van der Waals surface area (Å²) in [4.78, 5) is 4.06. The molecule has 0 saturated heterocycles. The molecule has 0 aliphatic rings. The monoisotopic (exact) mass is 208 g/mol. The van der Waals surface area contributed by atoms with Crippen molar-refractivity contribution in [2.24, 2.45) is 11.3 Å². The molecule has 0 saturated carbocycles. The lowest BCUT2D eigenvalue weighted by atomic mass is 9.83. The Labute approximate surface area is 91.0 Å². The summed E-state index contributed by atoms with van der Waals surface area (Å²) in [6.07, 6.45) is 2.49. The maximum absolute atomic E-state index is 5.79. The van der Waals surface area contributed by atoms with E-state index < -0.39 is 0 Å². The number of rotatable bonds is 3. The first kappa shape index (κ1) is 11.9. The van der Waals surface area contributed by atoms with E-state index in [0.717, 1.165) is 12.0 Å². The second kappa shape index (κ2) is 4.59. The Bertz CT molecular complexity index is 317. The third-order valence-electron chi connectivity index (χ3n) is 2.60. The van der Waals surface area contributed by atoms with Gasteiger partial charge in [0.2, 0.25) is 0 Å². The zero-order valence-electron chi connectivity index (χ0n) is 9.62. The normalized spacial score (nSPS) is 13.9. The maximum atomic E-state index is 5.79. The summed E-state index contributed by atoms with van der Waals surface area (Å²) >= 11 is 0. The number of nitrogen functional groups attached to an aromatic ring is 1. The molecule has 15 heavy (non-hydrogen) atoms. The Morgan fingerprint density at radius 1 is 1.47 bits per heavy atom. The molecule has 1 aromatic rings. The summed E-state index contributed by atoms with van der Waals surface area (Å²) in [5, 5.41) is 0. The summed E-state index contributed by atoms with van der Waals surface area (Å²) in [5.74, 6) is 6.13. The summed E-state index contributed by atoms with van der Waals surface area (Å²) in [6.45, 7) is 6.43. The number of hydrogen-bond donors (Lipinski definition) is 3. The molecule has 0 amide bonds. The summed E-state index contributed by atoms with van der Waals surface area (Å²) in [5.41, 5.74) is 9.75. The highest BCUT2D eigenvalue weighted by atomic mass is 15.2. The summed E-state index contributed by atoms with van der Waals surface area (Å²) < 4.78 is 0. The minimum absolute atomic E-state index is 0.0943. The van der Waals surface area contributed by atoms with Crippen molar-refractivity contribution in [3.8, 4) is 0 Å². The van der Waals surface area contributed by atoms with E-state index in [1.54, 1.807) is 6.20 Å². The number of aromatic nitrogens is 1. The number of hydrazine groups is 1. The van der Waals surface area contributed by atoms with Gasteiger partial charge < -0.3 is 5.73 Å². The molecule has 1 unspecified atom stereocenters. The van der Waals surface area contributed by atoms with E-state index in [-0.39, 0.29) is 11.5 Å². The van der Waals surface area contributed by atoms with E-state index in [9.17, 15) is 0 Å². The van der Waals surface area contributed by atoms with Gasteiger partial charge in [-0.25, -0.2) is 4.98 Å². The third-order valence-corrected chi connectivity index (χ3v) is 2.60. The molecular formula is C11H20N4. The molecule has 1 heterocycles. The number of hydrogen-bond acceptors (Lipinski definition) is 4. The first-order chi connectivity index (χ1) is 6.95. The van der Waals surface area contributed by atoms with Gasteiger partial charge in [0.05, 0.1) is 0 Å². The van der Waals surface area contributed by atoms with Gasteiger partial charge in [0.15, 0.2) is 0 Å². The fraction of sp³-hybridized carbons (Fsp3) is 0.545. The van der Waals surface area contributed by atoms with Crippen LogP contribution in [0.5, 0.6) is 0 Å². The van der Waals surface area contributed by atoms with Crippen LogP contribution in [0.2, 0.25) is 0 Å². The van der Waals surface area contributed by atoms with Crippen LogP contribution in [0.25, 0.3) is 0 Å². The van der Waals surface area contributed by atoms with Gasteiger partial charge in [0, 0.05) is 12.2 Å². The fourth-order valence-electron chi connectivity index (χ4n) is 1.46. The van der Waals surface area contributed by atoms with Gasteiger partial charge in [0.25, 0.3) is 0 Å². The van der Waals surface area contributed by atoms with Gasteiger partial charge in [-0.2, -0.15) is 0 Å². The molecule has 4 nitrogen and oxygen atoms in total. The molecule has 84 valence electrons. The average Bonchev–Trinajstić information content (AvgIpc) is 2.14. The SMILES string of the molecule is CC(C)(C)C(Cc1cccnc1N)NN. The lowest BCUT2D eigenvalue weighted by molar-refractivity contribution is 0.269. The predicted molar refractivity (Wildman–Crippen MR) is 62.9 cm³/mol. The second-order valence-corrected chi connectivity index (χ2v) is 4.84. The van der Waals surface area contributed by atoms with Gasteiger partial charge in [0.1, 0.15) is 5.82 Å². The molecule has 0 aliphatic carbocycles. The third kappa shape index (κ3) is 3.18. The van der Waals surface area contributed by atoms with E-state index in [1.165, 1.54) is 0 Å². The van der Waals surface area contributed by atoms with Gasteiger partial charge in [-0.15, -0.1) is 0 Å². The minimum Gasteiger partial charge on any atom is -0.383 e. The zero-order chi connectivity index (χ0) is 11.5. The van der Waals surface area contributed by atoms with Crippen molar-refractivity contribution in [1.29, 1.82) is 0 Å². The summed E-state index contributed by atoms with van der Waals surface area (Å²) in [6, 6.07) is 4.06. The van der Waals surface area contributed by atoms with Gasteiger partial charge >= 0.3 is 0 Å². The van der Waals surface area contributed by atoms with Crippen molar-refractivity contribution in [1.82, 2.24) is 10.4 Å². The molecule has 0 bridgehead atoms. The van der Waals surface area contributed by atoms with Crippen LogP contribution >= 0.6 is 0 Å². The van der Waals surface area contributed by atoms with Crippen LogP contribution in [-0.2, 0) is 6.42 Å². The molecule has 1 atom stereocenters. The van der Waals surface area contributed by atoms with Crippen molar-refractivity contribution >= 4 is 5.82 Å². The van der Waals surface area contributed by atoms with Gasteiger partial charge in [-0.1, -0.05) is 26.8 Å². The molecule has 0 fully saturated rings.